The molecule has 0 spiro atoms. The number of aliphatic carboxylic acids is 1. The molecule has 40 heavy (non-hydrogen) atoms. The van der Waals surface area contributed by atoms with Crippen molar-refractivity contribution in [1.82, 2.24) is 9.80 Å². The molecule has 0 aromatic heterocycles. The highest BCUT2D eigenvalue weighted by molar-refractivity contribution is 8.07. The summed E-state index contributed by atoms with van der Waals surface area (Å²) in [5.41, 5.74) is 2.49. The molecular weight excluding hydrogens is 574 g/mol. The van der Waals surface area contributed by atoms with Crippen LogP contribution in [0.3, 0.4) is 0 Å². The predicted molar refractivity (Wildman–Crippen MR) is 164 cm³/mol. The number of amides is 1. The maximum Gasteiger partial charge on any atom is 0.310 e. The van der Waals surface area contributed by atoms with Crippen LogP contribution in [0.2, 0.25) is 5.02 Å². The van der Waals surface area contributed by atoms with Gasteiger partial charge in [-0.3, -0.25) is 9.59 Å². The summed E-state index contributed by atoms with van der Waals surface area (Å²) in [4.78, 5) is 26.1. The first-order chi connectivity index (χ1) is 19.1. The number of halogens is 3. The number of likely N-dealkylation sites (tertiary alicyclic amines) is 2. The highest BCUT2D eigenvalue weighted by Gasteiger charge is 2.28. The van der Waals surface area contributed by atoms with Crippen LogP contribution in [0, 0.1) is 11.6 Å². The van der Waals surface area contributed by atoms with Crippen molar-refractivity contribution in [3.05, 3.63) is 69.7 Å². The Morgan fingerprint density at radius 2 is 1.55 bits per heavy atom. The molecule has 2 atom stereocenters. The summed E-state index contributed by atoms with van der Waals surface area (Å²) >= 11 is 13.3. The third kappa shape index (κ3) is 10.4. The first kappa shape index (κ1) is 36.0. The van der Waals surface area contributed by atoms with Crippen molar-refractivity contribution in [2.45, 2.75) is 77.7 Å². The number of hydrogen-bond donors (Lipinski definition) is 1. The molecule has 2 aromatic rings. The van der Waals surface area contributed by atoms with Crippen LogP contribution in [0.15, 0.2) is 36.4 Å². The SMILES string of the molecule is CC.CC(C(=O)O)c1cc(Cl)ccc1C1CCN(C=O)CC1.CC(C)N1CC[C@H](c2ccc(F)cc2F)C1.S=S. The second-order valence-electron chi connectivity index (χ2n) is 9.99. The maximum absolute atomic E-state index is 13.6. The standard InChI is InChI=1S/C15H18ClNO3.C13H17F2N.C2H6.S2/c1-10(15(19)20)14-8-12(16)2-3-13(14)11-4-6-17(9-18)7-5-11;1-9(2)16-6-5-10(8-16)12-4-3-11(14)7-13(12)15;2*1-2/h2-3,8-11H,4-7H2,1H3,(H,19,20);3-4,7,9-10H,5-6,8H2,1-2H3;1-2H3;/t;10-;;/m.0../s1. The third-order valence-electron chi connectivity index (χ3n) is 7.36. The van der Waals surface area contributed by atoms with Gasteiger partial charge in [0.15, 0.2) is 0 Å². The minimum absolute atomic E-state index is 0.211. The minimum Gasteiger partial charge on any atom is -0.481 e. The van der Waals surface area contributed by atoms with Crippen LogP contribution >= 0.6 is 11.6 Å². The topological polar surface area (TPSA) is 60.9 Å². The van der Waals surface area contributed by atoms with Crippen LogP contribution in [0.5, 0.6) is 0 Å². The van der Waals surface area contributed by atoms with Crippen LogP contribution in [-0.4, -0.2) is 59.5 Å². The van der Waals surface area contributed by atoms with E-state index in [1.165, 1.54) is 6.07 Å². The molecule has 2 aromatic carbocycles. The summed E-state index contributed by atoms with van der Waals surface area (Å²) in [6, 6.07) is 9.89. The van der Waals surface area contributed by atoms with Crippen LogP contribution in [0.25, 0.3) is 0 Å². The fraction of sp³-hybridized carbons (Fsp3) is 0.533. The lowest BCUT2D eigenvalue weighted by Crippen LogP contribution is -2.32. The van der Waals surface area contributed by atoms with Gasteiger partial charge in [0.2, 0.25) is 6.41 Å². The molecule has 1 amide bonds. The molecule has 10 heteroatoms. The number of piperidine rings is 1. The summed E-state index contributed by atoms with van der Waals surface area (Å²) in [7, 11) is 0. The Kier molecular flexibility index (Phi) is 16.5. The zero-order valence-corrected chi connectivity index (χ0v) is 26.3. The molecule has 0 bridgehead atoms. The minimum atomic E-state index is -0.848. The van der Waals surface area contributed by atoms with Crippen LogP contribution in [0.4, 0.5) is 8.78 Å². The Bertz CT molecular complexity index is 1080. The maximum atomic E-state index is 13.6. The van der Waals surface area contributed by atoms with Crippen LogP contribution in [-0.2, 0) is 32.0 Å². The number of carbonyl (C=O) groups excluding carboxylic acids is 1. The predicted octanol–water partition coefficient (Wildman–Crippen LogP) is 7.05. The number of nitrogens with zero attached hydrogens (tertiary/aromatic N) is 2. The average Bonchev–Trinajstić information content (AvgIpc) is 3.46. The second-order valence-corrected chi connectivity index (χ2v) is 10.4. The van der Waals surface area contributed by atoms with Crippen molar-refractivity contribution in [1.29, 1.82) is 0 Å². The van der Waals surface area contributed by atoms with Gasteiger partial charge in [0.05, 0.1) is 5.92 Å². The van der Waals surface area contributed by atoms with Gasteiger partial charge in [0.25, 0.3) is 0 Å². The Balaban J connectivity index is 0.000000362. The molecule has 4 rings (SSSR count). The van der Waals surface area contributed by atoms with Crippen molar-refractivity contribution in [2.75, 3.05) is 26.2 Å². The summed E-state index contributed by atoms with van der Waals surface area (Å²) in [6.07, 6.45) is 3.55. The lowest BCUT2D eigenvalue weighted by atomic mass is 9.83. The van der Waals surface area contributed by atoms with Crippen molar-refractivity contribution in [3.8, 4) is 0 Å². The second kappa shape index (κ2) is 18.4. The summed E-state index contributed by atoms with van der Waals surface area (Å²) in [6.45, 7) is 13.3. The van der Waals surface area contributed by atoms with E-state index in [1.807, 2.05) is 19.9 Å². The summed E-state index contributed by atoms with van der Waals surface area (Å²) in [5, 5.41) is 9.79. The monoisotopic (exact) mass is 614 g/mol. The summed E-state index contributed by atoms with van der Waals surface area (Å²) < 4.78 is 26.4. The Hall–Kier alpha value is -2.07. The molecule has 2 saturated heterocycles. The number of carbonyl (C=O) groups is 2. The lowest BCUT2D eigenvalue weighted by Gasteiger charge is -2.31. The molecule has 2 fully saturated rings. The number of carboxylic acid groups (broad SMARTS) is 1. The van der Waals surface area contributed by atoms with Gasteiger partial charge in [-0.1, -0.05) is 37.6 Å². The Morgan fingerprint density at radius 1 is 0.975 bits per heavy atom. The number of rotatable bonds is 6. The van der Waals surface area contributed by atoms with E-state index in [1.54, 1.807) is 30.0 Å². The molecule has 0 saturated carbocycles. The molecule has 2 aliphatic heterocycles. The van der Waals surface area contributed by atoms with Gasteiger partial charge in [-0.2, -0.15) is 0 Å². The van der Waals surface area contributed by atoms with E-state index in [0.717, 1.165) is 69.0 Å². The molecule has 2 aliphatic rings. The van der Waals surface area contributed by atoms with Crippen LogP contribution in [0.1, 0.15) is 88.3 Å². The largest absolute Gasteiger partial charge is 0.481 e. The van der Waals surface area contributed by atoms with Gasteiger partial charge < -0.3 is 14.9 Å². The van der Waals surface area contributed by atoms with Gasteiger partial charge in [-0.25, -0.2) is 8.78 Å². The highest BCUT2D eigenvalue weighted by Crippen LogP contribution is 2.35. The fourth-order valence-corrected chi connectivity index (χ4v) is 5.26. The van der Waals surface area contributed by atoms with E-state index in [0.29, 0.717) is 22.5 Å². The molecule has 0 aliphatic carbocycles. The average molecular weight is 615 g/mol. The first-order valence-corrected chi connectivity index (χ1v) is 15.4. The molecule has 5 nitrogen and oxygen atoms in total. The quantitative estimate of drug-likeness (QED) is 0.352. The van der Waals surface area contributed by atoms with Gasteiger partial charge in [-0.15, -0.1) is 0 Å². The van der Waals surface area contributed by atoms with Crippen molar-refractivity contribution < 1.29 is 23.5 Å². The van der Waals surface area contributed by atoms with E-state index in [2.05, 4.69) is 41.1 Å². The first-order valence-electron chi connectivity index (χ1n) is 13.7. The highest BCUT2D eigenvalue weighted by atomic mass is 35.5. The number of carboxylic acids is 1. The molecule has 0 radical (unpaired) electrons. The van der Waals surface area contributed by atoms with E-state index >= 15 is 0 Å². The van der Waals surface area contributed by atoms with Gasteiger partial charge in [0, 0.05) is 65.1 Å². The fourth-order valence-electron chi connectivity index (χ4n) is 5.08. The van der Waals surface area contributed by atoms with Gasteiger partial charge in [-0.05, 0) is 87.4 Å². The zero-order valence-electron chi connectivity index (χ0n) is 23.9. The number of hydrogen-bond acceptors (Lipinski definition) is 5. The van der Waals surface area contributed by atoms with Crippen molar-refractivity contribution >= 4 is 46.4 Å². The molecular formula is C30H41ClF2N2O3S2. The molecule has 1 unspecified atom stereocenters. The van der Waals surface area contributed by atoms with Crippen molar-refractivity contribution in [3.63, 3.8) is 0 Å². The summed E-state index contributed by atoms with van der Waals surface area (Å²) in [5.74, 6) is -1.83. The van der Waals surface area contributed by atoms with E-state index in [4.69, 9.17) is 11.6 Å². The van der Waals surface area contributed by atoms with Crippen molar-refractivity contribution in [2.24, 2.45) is 0 Å². The number of benzene rings is 2. The molecule has 222 valence electrons. The Labute approximate surface area is 252 Å². The molecule has 2 heterocycles. The van der Waals surface area contributed by atoms with E-state index in [9.17, 15) is 23.5 Å². The smallest absolute Gasteiger partial charge is 0.310 e. The Morgan fingerprint density at radius 3 is 2.05 bits per heavy atom. The lowest BCUT2D eigenvalue weighted by molar-refractivity contribution is -0.138. The van der Waals surface area contributed by atoms with Gasteiger partial charge in [0.1, 0.15) is 11.6 Å². The third-order valence-corrected chi connectivity index (χ3v) is 7.59. The van der Waals surface area contributed by atoms with E-state index < -0.39 is 23.5 Å². The zero-order chi connectivity index (χ0) is 30.4. The van der Waals surface area contributed by atoms with Crippen LogP contribution < -0.4 is 0 Å². The van der Waals surface area contributed by atoms with E-state index in [-0.39, 0.29) is 5.92 Å². The molecule has 1 N–H and O–H groups in total. The van der Waals surface area contributed by atoms with Gasteiger partial charge >= 0.3 is 5.97 Å². The normalized spacial score (nSPS) is 17.9.